The van der Waals surface area contributed by atoms with Crippen LogP contribution in [0.1, 0.15) is 55.6 Å². The fourth-order valence-corrected chi connectivity index (χ4v) is 5.60. The van der Waals surface area contributed by atoms with Gasteiger partial charge in [-0.25, -0.2) is 4.79 Å². The Morgan fingerprint density at radius 1 is 1.08 bits per heavy atom. The van der Waals surface area contributed by atoms with Gasteiger partial charge in [-0.1, -0.05) is 30.3 Å². The molecule has 3 N–H and O–H groups in total. The number of methoxy groups -OCH3 is 1. The Morgan fingerprint density at radius 2 is 1.89 bits per heavy atom. The van der Waals surface area contributed by atoms with Crippen molar-refractivity contribution in [2.75, 3.05) is 13.7 Å². The van der Waals surface area contributed by atoms with Gasteiger partial charge in [0.1, 0.15) is 17.6 Å². The minimum absolute atomic E-state index is 0.0497. The van der Waals surface area contributed by atoms with Gasteiger partial charge in [0.2, 0.25) is 5.91 Å². The lowest BCUT2D eigenvalue weighted by Gasteiger charge is -2.37. The van der Waals surface area contributed by atoms with Crippen molar-refractivity contribution >= 4 is 17.7 Å². The third-order valence-electron chi connectivity index (χ3n) is 7.32. The molecular formula is C29H30N2O6. The zero-order valence-electron chi connectivity index (χ0n) is 20.9. The van der Waals surface area contributed by atoms with Crippen molar-refractivity contribution in [3.05, 3.63) is 82.2 Å². The van der Waals surface area contributed by atoms with E-state index in [1.807, 2.05) is 24.3 Å². The van der Waals surface area contributed by atoms with Crippen molar-refractivity contribution < 1.29 is 29.0 Å². The highest BCUT2D eigenvalue weighted by Gasteiger charge is 2.42. The Balaban J connectivity index is 1.52. The number of phenolic OH excluding ortho intramolecular Hbond substituents is 1. The molecule has 2 heterocycles. The molecule has 5 rings (SSSR count). The van der Waals surface area contributed by atoms with Crippen LogP contribution >= 0.6 is 0 Å². The summed E-state index contributed by atoms with van der Waals surface area (Å²) in [6, 6.07) is 14.3. The van der Waals surface area contributed by atoms with Gasteiger partial charge in [0, 0.05) is 41.6 Å². The van der Waals surface area contributed by atoms with Gasteiger partial charge in [-0.2, -0.15) is 0 Å². The highest BCUT2D eigenvalue weighted by atomic mass is 16.5. The molecule has 8 nitrogen and oxygen atoms in total. The van der Waals surface area contributed by atoms with Gasteiger partial charge in [-0.3, -0.25) is 9.59 Å². The summed E-state index contributed by atoms with van der Waals surface area (Å²) in [6.45, 7) is 2.06. The molecule has 0 bridgehead atoms. The van der Waals surface area contributed by atoms with Crippen LogP contribution < -0.4 is 15.4 Å². The molecule has 1 aliphatic carbocycles. The second-order valence-corrected chi connectivity index (χ2v) is 9.72. The zero-order chi connectivity index (χ0) is 26.1. The van der Waals surface area contributed by atoms with E-state index in [1.54, 1.807) is 38.3 Å². The number of allylic oxidation sites excluding steroid dienone is 3. The highest BCUT2D eigenvalue weighted by Crippen LogP contribution is 2.47. The van der Waals surface area contributed by atoms with Crippen LogP contribution in [0.3, 0.4) is 0 Å². The van der Waals surface area contributed by atoms with E-state index >= 15 is 0 Å². The number of para-hydroxylation sites is 1. The van der Waals surface area contributed by atoms with Crippen molar-refractivity contribution in [3.8, 4) is 11.5 Å². The second-order valence-electron chi connectivity index (χ2n) is 9.72. The number of hydrogen-bond acceptors (Lipinski definition) is 7. The summed E-state index contributed by atoms with van der Waals surface area (Å²) in [7, 11) is 1.62. The van der Waals surface area contributed by atoms with E-state index in [0.29, 0.717) is 41.7 Å². The summed E-state index contributed by atoms with van der Waals surface area (Å²) >= 11 is 0. The minimum atomic E-state index is -0.680. The zero-order valence-corrected chi connectivity index (χ0v) is 20.9. The van der Waals surface area contributed by atoms with E-state index in [1.165, 1.54) is 0 Å². The van der Waals surface area contributed by atoms with Crippen molar-refractivity contribution in [2.24, 2.45) is 0 Å². The third kappa shape index (κ3) is 4.83. The lowest BCUT2D eigenvalue weighted by atomic mass is 9.71. The van der Waals surface area contributed by atoms with Gasteiger partial charge in [0.25, 0.3) is 0 Å². The fourth-order valence-electron chi connectivity index (χ4n) is 5.60. The summed E-state index contributed by atoms with van der Waals surface area (Å²) in [5.41, 5.74) is 3.83. The molecule has 0 unspecified atom stereocenters. The molecule has 1 saturated heterocycles. The Bertz CT molecular complexity index is 1320. The molecular weight excluding hydrogens is 472 g/mol. The van der Waals surface area contributed by atoms with Crippen molar-refractivity contribution in [1.82, 2.24) is 10.6 Å². The smallest absolute Gasteiger partial charge is 0.337 e. The van der Waals surface area contributed by atoms with E-state index in [4.69, 9.17) is 9.47 Å². The molecule has 0 saturated carbocycles. The first-order chi connectivity index (χ1) is 17.9. The first-order valence-electron chi connectivity index (χ1n) is 12.5. The number of esters is 1. The van der Waals surface area contributed by atoms with Crippen molar-refractivity contribution in [1.29, 1.82) is 0 Å². The molecule has 1 fully saturated rings. The van der Waals surface area contributed by atoms with Crippen LogP contribution in [0.4, 0.5) is 0 Å². The molecule has 0 radical (unpaired) electrons. The molecule has 3 aliphatic rings. The number of carbonyl (C=O) groups excluding carboxylic acids is 3. The number of rotatable bonds is 5. The second kappa shape index (κ2) is 10.1. The quantitative estimate of drug-likeness (QED) is 0.536. The number of phenols is 1. The van der Waals surface area contributed by atoms with Crippen molar-refractivity contribution in [2.45, 2.75) is 50.5 Å². The molecule has 1 amide bonds. The first kappa shape index (κ1) is 24.6. The molecule has 0 spiro atoms. The molecule has 0 aromatic heterocycles. The predicted octanol–water partition coefficient (Wildman–Crippen LogP) is 3.58. The number of carbonyl (C=O) groups is 3. The van der Waals surface area contributed by atoms with E-state index in [-0.39, 0.29) is 36.3 Å². The Morgan fingerprint density at radius 3 is 2.62 bits per heavy atom. The van der Waals surface area contributed by atoms with Crippen LogP contribution in [0.25, 0.3) is 0 Å². The fraction of sp³-hybridized carbons (Fsp3) is 0.345. The van der Waals surface area contributed by atoms with Crippen LogP contribution in [0.15, 0.2) is 71.1 Å². The van der Waals surface area contributed by atoms with Gasteiger partial charge in [-0.15, -0.1) is 0 Å². The summed E-state index contributed by atoms with van der Waals surface area (Å²) in [4.78, 5) is 38.8. The van der Waals surface area contributed by atoms with Crippen LogP contribution in [-0.4, -0.2) is 42.5 Å². The summed E-state index contributed by atoms with van der Waals surface area (Å²) < 4.78 is 11.4. The number of ether oxygens (including phenoxy) is 2. The number of dihydropyridines is 1. The number of ketones is 1. The molecule has 37 heavy (non-hydrogen) atoms. The molecule has 192 valence electrons. The number of aromatic hydroxyl groups is 1. The summed E-state index contributed by atoms with van der Waals surface area (Å²) in [6.07, 6.45) is 1.14. The topological polar surface area (TPSA) is 114 Å². The molecule has 2 aromatic carbocycles. The van der Waals surface area contributed by atoms with Crippen LogP contribution in [0.5, 0.6) is 11.5 Å². The minimum Gasteiger partial charge on any atom is -0.508 e. The maximum absolute atomic E-state index is 13.8. The Hall–Kier alpha value is -4.07. The SMILES string of the molecule is COc1ccccc1[C@H]1CC(=O)C2=C(C1)NC(C)=C(C(=O)O[C@H]1CCC(=O)NC1)[C@H]2c1cccc(O)c1. The lowest BCUT2D eigenvalue weighted by molar-refractivity contribution is -0.147. The molecule has 3 atom stereocenters. The number of Topliss-reactive ketones (excluding diaryl/α,β-unsaturated/α-hetero) is 1. The maximum Gasteiger partial charge on any atom is 0.337 e. The molecule has 2 aliphatic heterocycles. The van der Waals surface area contributed by atoms with E-state index in [2.05, 4.69) is 10.6 Å². The monoisotopic (exact) mass is 502 g/mol. The van der Waals surface area contributed by atoms with Gasteiger partial charge in [0.15, 0.2) is 5.78 Å². The molecule has 2 aromatic rings. The van der Waals surface area contributed by atoms with Crippen LogP contribution in [-0.2, 0) is 19.1 Å². The van der Waals surface area contributed by atoms with Crippen LogP contribution in [0.2, 0.25) is 0 Å². The van der Waals surface area contributed by atoms with Gasteiger partial charge in [0.05, 0.1) is 19.2 Å². The normalized spacial score (nSPS) is 23.7. The van der Waals surface area contributed by atoms with Crippen LogP contribution in [0, 0.1) is 0 Å². The largest absolute Gasteiger partial charge is 0.508 e. The molecule has 8 heteroatoms. The summed E-state index contributed by atoms with van der Waals surface area (Å²) in [5.74, 6) is -0.639. The number of benzene rings is 2. The average molecular weight is 503 g/mol. The summed E-state index contributed by atoms with van der Waals surface area (Å²) in [5, 5.41) is 16.3. The third-order valence-corrected chi connectivity index (χ3v) is 7.32. The highest BCUT2D eigenvalue weighted by molar-refractivity contribution is 6.04. The van der Waals surface area contributed by atoms with Gasteiger partial charge < -0.3 is 25.2 Å². The van der Waals surface area contributed by atoms with E-state index < -0.39 is 18.0 Å². The number of nitrogens with one attached hydrogen (secondary N) is 2. The number of amides is 1. The number of piperidine rings is 1. The number of hydrogen-bond donors (Lipinski definition) is 3. The van der Waals surface area contributed by atoms with Gasteiger partial charge in [-0.05, 0) is 49.1 Å². The van der Waals surface area contributed by atoms with E-state index in [9.17, 15) is 19.5 Å². The standard InChI is InChI=1S/C29H30N2O6/c1-16-26(29(35)37-20-10-11-25(34)30-15-20)27(17-6-5-7-19(32)12-17)28-22(31-16)13-18(14-23(28)33)21-8-3-4-9-24(21)36-2/h3-9,12,18,20,27,31-32H,10-11,13-15H2,1-2H3,(H,30,34)/t18-,20+,27-/m1/s1. The predicted molar refractivity (Wildman–Crippen MR) is 136 cm³/mol. The lowest BCUT2D eigenvalue weighted by Crippen LogP contribution is -2.42. The Labute approximate surface area is 215 Å². The maximum atomic E-state index is 13.8. The van der Waals surface area contributed by atoms with Gasteiger partial charge >= 0.3 is 5.97 Å². The Kier molecular flexibility index (Phi) is 6.74. The van der Waals surface area contributed by atoms with E-state index in [0.717, 1.165) is 17.0 Å². The average Bonchev–Trinajstić information content (AvgIpc) is 2.89. The first-order valence-corrected chi connectivity index (χ1v) is 12.5. The van der Waals surface area contributed by atoms with Crippen molar-refractivity contribution in [3.63, 3.8) is 0 Å².